The van der Waals surface area contributed by atoms with Gasteiger partial charge in [0.25, 0.3) is 5.91 Å². The third kappa shape index (κ3) is 2.08. The molecule has 7 heteroatoms. The molecule has 5 heterocycles. The number of carbonyl (C=O) groups excluding carboxylic acids is 1. The van der Waals surface area contributed by atoms with Gasteiger partial charge in [0.2, 0.25) is 0 Å². The quantitative estimate of drug-likeness (QED) is 0.675. The van der Waals surface area contributed by atoms with Crippen molar-refractivity contribution in [1.29, 1.82) is 0 Å². The Kier molecular flexibility index (Phi) is 3.07. The van der Waals surface area contributed by atoms with Gasteiger partial charge < -0.3 is 4.90 Å². The van der Waals surface area contributed by atoms with E-state index in [0.717, 1.165) is 51.7 Å². The molecule has 6 nitrogen and oxygen atoms in total. The zero-order chi connectivity index (χ0) is 17.3. The fourth-order valence-electron chi connectivity index (χ4n) is 4.36. The van der Waals surface area contributed by atoms with Crippen molar-refractivity contribution in [3.8, 4) is 0 Å². The maximum atomic E-state index is 13.2. The highest BCUT2D eigenvalue weighted by Gasteiger charge is 2.44. The van der Waals surface area contributed by atoms with Gasteiger partial charge in [-0.3, -0.25) is 4.79 Å². The van der Waals surface area contributed by atoms with E-state index in [1.165, 1.54) is 17.0 Å². The molecule has 0 aromatic carbocycles. The topological polar surface area (TPSA) is 63.4 Å². The molecular weight excluding hydrogens is 334 g/mol. The van der Waals surface area contributed by atoms with Gasteiger partial charge in [-0.1, -0.05) is 0 Å². The second kappa shape index (κ2) is 5.11. The molecule has 3 aromatic rings. The second-order valence-electron chi connectivity index (χ2n) is 7.03. The number of carbonyl (C=O) groups is 1. The van der Waals surface area contributed by atoms with E-state index in [0.29, 0.717) is 0 Å². The lowest BCUT2D eigenvalue weighted by Crippen LogP contribution is -2.42. The Morgan fingerprint density at radius 1 is 1.28 bits per heavy atom. The summed E-state index contributed by atoms with van der Waals surface area (Å²) in [4.78, 5) is 25.1. The smallest absolute Gasteiger partial charge is 0.266 e. The summed E-state index contributed by atoms with van der Waals surface area (Å²) in [6.45, 7) is 5.87. The molecule has 128 valence electrons. The van der Waals surface area contributed by atoms with Gasteiger partial charge in [0.1, 0.15) is 4.88 Å². The molecular formula is C18H19N5OS. The van der Waals surface area contributed by atoms with Gasteiger partial charge in [-0.25, -0.2) is 14.5 Å². The third-order valence-electron chi connectivity index (χ3n) is 5.36. The van der Waals surface area contributed by atoms with Crippen LogP contribution in [0.3, 0.4) is 0 Å². The molecule has 1 amide bonds. The van der Waals surface area contributed by atoms with E-state index in [1.54, 1.807) is 0 Å². The van der Waals surface area contributed by atoms with Crippen LogP contribution < -0.4 is 0 Å². The Labute approximate surface area is 149 Å². The largest absolute Gasteiger partial charge is 0.327 e. The van der Waals surface area contributed by atoms with Gasteiger partial charge in [0, 0.05) is 30.3 Å². The van der Waals surface area contributed by atoms with Crippen molar-refractivity contribution in [1.82, 2.24) is 24.5 Å². The molecule has 2 aliphatic rings. The van der Waals surface area contributed by atoms with Crippen molar-refractivity contribution in [2.24, 2.45) is 0 Å². The van der Waals surface area contributed by atoms with Crippen molar-refractivity contribution in [2.75, 3.05) is 0 Å². The van der Waals surface area contributed by atoms with Crippen LogP contribution in [0.5, 0.6) is 0 Å². The Bertz CT molecular complexity index is 1020. The van der Waals surface area contributed by atoms with E-state index in [2.05, 4.69) is 20.0 Å². The number of fused-ring (bicyclic) bond motifs is 6. The minimum atomic E-state index is 0.101. The van der Waals surface area contributed by atoms with Crippen LogP contribution >= 0.6 is 11.3 Å². The van der Waals surface area contributed by atoms with Crippen molar-refractivity contribution in [3.63, 3.8) is 0 Å². The first kappa shape index (κ1) is 15.0. The lowest BCUT2D eigenvalue weighted by atomic mass is 9.99. The van der Waals surface area contributed by atoms with Crippen molar-refractivity contribution in [2.45, 2.75) is 52.1 Å². The summed E-state index contributed by atoms with van der Waals surface area (Å²) in [6, 6.07) is 2.34. The molecule has 0 spiro atoms. The minimum absolute atomic E-state index is 0.101. The van der Waals surface area contributed by atoms with Gasteiger partial charge in [-0.2, -0.15) is 5.10 Å². The summed E-state index contributed by atoms with van der Waals surface area (Å²) in [5, 5.41) is 5.56. The Morgan fingerprint density at radius 3 is 2.88 bits per heavy atom. The summed E-state index contributed by atoms with van der Waals surface area (Å²) in [5.41, 5.74) is 5.07. The predicted molar refractivity (Wildman–Crippen MR) is 94.9 cm³/mol. The average molecular weight is 353 g/mol. The van der Waals surface area contributed by atoms with Gasteiger partial charge >= 0.3 is 0 Å². The molecule has 5 rings (SSSR count). The Balaban J connectivity index is 1.60. The lowest BCUT2D eigenvalue weighted by Gasteiger charge is -2.36. The molecule has 0 N–H and O–H groups in total. The summed E-state index contributed by atoms with van der Waals surface area (Å²) in [6.07, 6.45) is 4.81. The van der Waals surface area contributed by atoms with E-state index in [4.69, 9.17) is 0 Å². The molecule has 2 bridgehead atoms. The first-order valence-corrected chi connectivity index (χ1v) is 9.45. The van der Waals surface area contributed by atoms with Crippen molar-refractivity contribution >= 4 is 22.9 Å². The highest BCUT2D eigenvalue weighted by atomic mass is 32.1. The SMILES string of the molecule is Cc1cc2ncc3c(n2n1)C[C@@H]1CC[C@H]3N1C(=O)c1sc(C)nc1C. The first-order valence-electron chi connectivity index (χ1n) is 8.64. The molecule has 0 radical (unpaired) electrons. The molecule has 2 aliphatic heterocycles. The van der Waals surface area contributed by atoms with E-state index >= 15 is 0 Å². The fraction of sp³-hybridized carbons (Fsp3) is 0.444. The number of hydrogen-bond acceptors (Lipinski definition) is 5. The van der Waals surface area contributed by atoms with Crippen LogP contribution in [0.4, 0.5) is 0 Å². The van der Waals surface area contributed by atoms with E-state index in [-0.39, 0.29) is 18.0 Å². The number of rotatable bonds is 1. The lowest BCUT2D eigenvalue weighted by molar-refractivity contribution is 0.0647. The number of thiazole rings is 1. The number of hydrogen-bond donors (Lipinski definition) is 0. The van der Waals surface area contributed by atoms with Crippen molar-refractivity contribution < 1.29 is 4.79 Å². The van der Waals surface area contributed by atoms with Crippen LogP contribution in [0.15, 0.2) is 12.3 Å². The maximum absolute atomic E-state index is 13.2. The molecule has 3 aromatic heterocycles. The zero-order valence-electron chi connectivity index (χ0n) is 14.5. The van der Waals surface area contributed by atoms with E-state index in [1.807, 2.05) is 37.5 Å². The van der Waals surface area contributed by atoms with Gasteiger partial charge in [-0.05, 0) is 33.6 Å². The zero-order valence-corrected chi connectivity index (χ0v) is 15.3. The summed E-state index contributed by atoms with van der Waals surface area (Å²) in [5.74, 6) is 0.123. The van der Waals surface area contributed by atoms with Crippen LogP contribution in [0.1, 0.15) is 56.2 Å². The molecule has 0 aliphatic carbocycles. The molecule has 0 saturated carbocycles. The second-order valence-corrected chi connectivity index (χ2v) is 8.23. The molecule has 1 fully saturated rings. The van der Waals surface area contributed by atoms with E-state index < -0.39 is 0 Å². The van der Waals surface area contributed by atoms with E-state index in [9.17, 15) is 4.79 Å². The summed E-state index contributed by atoms with van der Waals surface area (Å²) < 4.78 is 1.97. The van der Waals surface area contributed by atoms with Crippen LogP contribution in [0.2, 0.25) is 0 Å². The van der Waals surface area contributed by atoms with Crippen molar-refractivity contribution in [3.05, 3.63) is 44.8 Å². The fourth-order valence-corrected chi connectivity index (χ4v) is 5.22. The number of aromatic nitrogens is 4. The number of nitrogens with zero attached hydrogens (tertiary/aromatic N) is 5. The molecule has 25 heavy (non-hydrogen) atoms. The van der Waals surface area contributed by atoms with Gasteiger partial charge in [0.05, 0.1) is 28.1 Å². The van der Waals surface area contributed by atoms with Crippen LogP contribution in [-0.4, -0.2) is 36.4 Å². The van der Waals surface area contributed by atoms with Crippen LogP contribution in [0, 0.1) is 20.8 Å². The summed E-state index contributed by atoms with van der Waals surface area (Å²) >= 11 is 1.50. The molecule has 1 saturated heterocycles. The minimum Gasteiger partial charge on any atom is -0.327 e. The Hall–Kier alpha value is -2.28. The predicted octanol–water partition coefficient (Wildman–Crippen LogP) is 3.01. The third-order valence-corrected chi connectivity index (χ3v) is 6.42. The number of aryl methyl sites for hydroxylation is 3. The monoisotopic (exact) mass is 353 g/mol. The van der Waals surface area contributed by atoms with Crippen LogP contribution in [0.25, 0.3) is 5.65 Å². The molecule has 0 unspecified atom stereocenters. The average Bonchev–Trinajstić information content (AvgIpc) is 3.21. The highest BCUT2D eigenvalue weighted by molar-refractivity contribution is 7.13. The maximum Gasteiger partial charge on any atom is 0.266 e. The Morgan fingerprint density at radius 2 is 2.12 bits per heavy atom. The van der Waals surface area contributed by atoms with Gasteiger partial charge in [0.15, 0.2) is 5.65 Å². The molecule has 2 atom stereocenters. The first-order chi connectivity index (χ1) is 12.0. The number of amides is 1. The summed E-state index contributed by atoms with van der Waals surface area (Å²) in [7, 11) is 0. The van der Waals surface area contributed by atoms with Gasteiger partial charge in [-0.15, -0.1) is 11.3 Å². The highest BCUT2D eigenvalue weighted by Crippen LogP contribution is 2.44. The standard InChI is InChI=1S/C18H19N5OS/c1-9-6-16-19-8-13-14-5-4-12(7-15(13)23(16)21-9)22(14)18(24)17-10(2)20-11(3)25-17/h6,8,12,14H,4-5,7H2,1-3H3/t12-,14+/m0/s1. The normalized spacial score (nSPS) is 21.8. The van der Waals surface area contributed by atoms with Crippen LogP contribution in [-0.2, 0) is 6.42 Å².